The van der Waals surface area contributed by atoms with Crippen LogP contribution in [0.15, 0.2) is 48.5 Å². The van der Waals surface area contributed by atoms with E-state index in [0.717, 1.165) is 12.2 Å². The number of anilines is 1. The molecule has 1 unspecified atom stereocenters. The Labute approximate surface area is 149 Å². The molecule has 0 radical (unpaired) electrons. The van der Waals surface area contributed by atoms with E-state index < -0.39 is 0 Å². The molecule has 0 saturated carbocycles. The van der Waals surface area contributed by atoms with Gasteiger partial charge in [-0.15, -0.1) is 0 Å². The van der Waals surface area contributed by atoms with Crippen molar-refractivity contribution in [2.75, 3.05) is 18.0 Å². The van der Waals surface area contributed by atoms with E-state index in [1.54, 1.807) is 12.1 Å². The maximum Gasteiger partial charge on any atom is 0.244 e. The summed E-state index contributed by atoms with van der Waals surface area (Å²) >= 11 is 0. The standard InChI is InChI=1S/C21H25FN2O/c1-15(2)17-8-10-19(11-9-17)24-13-12-23(16(3)21(24)25)14-18-6-4-5-7-20(18)22/h4-11,15-16H,12-14H2,1-3H3. The first kappa shape index (κ1) is 17.6. The molecule has 0 aromatic heterocycles. The summed E-state index contributed by atoms with van der Waals surface area (Å²) in [5.41, 5.74) is 2.84. The molecule has 1 fully saturated rings. The Balaban J connectivity index is 1.72. The largest absolute Gasteiger partial charge is 0.310 e. The van der Waals surface area contributed by atoms with E-state index >= 15 is 0 Å². The summed E-state index contributed by atoms with van der Waals surface area (Å²) in [5, 5.41) is 0. The van der Waals surface area contributed by atoms with Crippen molar-refractivity contribution in [1.82, 2.24) is 4.90 Å². The molecule has 2 aromatic carbocycles. The lowest BCUT2D eigenvalue weighted by molar-refractivity contribution is -0.125. The quantitative estimate of drug-likeness (QED) is 0.833. The zero-order chi connectivity index (χ0) is 18.0. The molecule has 0 bridgehead atoms. The summed E-state index contributed by atoms with van der Waals surface area (Å²) in [4.78, 5) is 16.7. The summed E-state index contributed by atoms with van der Waals surface area (Å²) in [7, 11) is 0. The van der Waals surface area contributed by atoms with Gasteiger partial charge in [0.25, 0.3) is 0 Å². The van der Waals surface area contributed by atoms with Gasteiger partial charge in [-0.25, -0.2) is 4.39 Å². The molecule has 132 valence electrons. The first-order valence-corrected chi connectivity index (χ1v) is 8.86. The summed E-state index contributed by atoms with van der Waals surface area (Å²) in [6, 6.07) is 14.7. The first-order valence-electron chi connectivity index (χ1n) is 8.86. The minimum absolute atomic E-state index is 0.0693. The van der Waals surface area contributed by atoms with Gasteiger partial charge >= 0.3 is 0 Å². The van der Waals surface area contributed by atoms with Crippen LogP contribution in [0.25, 0.3) is 0 Å². The van der Waals surface area contributed by atoms with Gasteiger partial charge in [0.1, 0.15) is 5.82 Å². The fraction of sp³-hybridized carbons (Fsp3) is 0.381. The van der Waals surface area contributed by atoms with Crippen LogP contribution in [0.3, 0.4) is 0 Å². The smallest absolute Gasteiger partial charge is 0.244 e. The number of benzene rings is 2. The average molecular weight is 340 g/mol. The average Bonchev–Trinajstić information content (AvgIpc) is 2.61. The second-order valence-electron chi connectivity index (χ2n) is 6.97. The van der Waals surface area contributed by atoms with Crippen LogP contribution in [0.5, 0.6) is 0 Å². The van der Waals surface area contributed by atoms with Crippen molar-refractivity contribution in [3.63, 3.8) is 0 Å². The molecule has 4 heteroatoms. The lowest BCUT2D eigenvalue weighted by Gasteiger charge is -2.39. The number of piperazine rings is 1. The molecule has 1 aliphatic heterocycles. The Morgan fingerprint density at radius 2 is 1.76 bits per heavy atom. The highest BCUT2D eigenvalue weighted by Crippen LogP contribution is 2.24. The lowest BCUT2D eigenvalue weighted by atomic mass is 10.0. The minimum atomic E-state index is -0.266. The first-order chi connectivity index (χ1) is 12.0. The Morgan fingerprint density at radius 1 is 1.08 bits per heavy atom. The number of amides is 1. The van der Waals surface area contributed by atoms with Crippen molar-refractivity contribution in [3.8, 4) is 0 Å². The molecule has 0 N–H and O–H groups in total. The van der Waals surface area contributed by atoms with Crippen LogP contribution in [-0.2, 0) is 11.3 Å². The van der Waals surface area contributed by atoms with E-state index in [2.05, 4.69) is 26.0 Å². The lowest BCUT2D eigenvalue weighted by Crippen LogP contribution is -2.55. The number of nitrogens with zero attached hydrogens (tertiary/aromatic N) is 2. The van der Waals surface area contributed by atoms with Crippen molar-refractivity contribution in [3.05, 3.63) is 65.5 Å². The van der Waals surface area contributed by atoms with Gasteiger partial charge in [-0.1, -0.05) is 44.2 Å². The molecular weight excluding hydrogens is 315 g/mol. The van der Waals surface area contributed by atoms with Gasteiger partial charge in [0, 0.05) is 30.9 Å². The van der Waals surface area contributed by atoms with Crippen LogP contribution in [0, 0.1) is 5.82 Å². The van der Waals surface area contributed by atoms with Gasteiger partial charge in [-0.3, -0.25) is 9.69 Å². The molecule has 3 nitrogen and oxygen atoms in total. The van der Waals surface area contributed by atoms with Crippen molar-refractivity contribution in [2.45, 2.75) is 39.3 Å². The predicted molar refractivity (Wildman–Crippen MR) is 99.2 cm³/mol. The summed E-state index contributed by atoms with van der Waals surface area (Å²) in [5.74, 6) is 0.329. The van der Waals surface area contributed by atoms with Crippen molar-refractivity contribution < 1.29 is 9.18 Å². The molecular formula is C21H25FN2O. The second kappa shape index (κ2) is 7.36. The molecule has 1 aliphatic rings. The van der Waals surface area contributed by atoms with Gasteiger partial charge in [-0.05, 0) is 36.6 Å². The monoisotopic (exact) mass is 340 g/mol. The van der Waals surface area contributed by atoms with E-state index in [0.29, 0.717) is 24.6 Å². The number of hydrogen-bond donors (Lipinski definition) is 0. The van der Waals surface area contributed by atoms with Gasteiger partial charge in [0.2, 0.25) is 5.91 Å². The zero-order valence-electron chi connectivity index (χ0n) is 15.1. The SMILES string of the molecule is CC(C)c1ccc(N2CCN(Cc3ccccc3F)C(C)C2=O)cc1. The molecule has 1 amide bonds. The maximum atomic E-state index is 13.9. The molecule has 0 spiro atoms. The highest BCUT2D eigenvalue weighted by atomic mass is 19.1. The summed E-state index contributed by atoms with van der Waals surface area (Å²) in [6.45, 7) is 8.02. The zero-order valence-corrected chi connectivity index (χ0v) is 15.1. The van der Waals surface area contributed by atoms with Crippen LogP contribution in [-0.4, -0.2) is 29.9 Å². The van der Waals surface area contributed by atoms with Crippen molar-refractivity contribution in [2.24, 2.45) is 0 Å². The molecule has 2 aromatic rings. The number of halogens is 1. The van der Waals surface area contributed by atoms with Crippen molar-refractivity contribution in [1.29, 1.82) is 0 Å². The highest BCUT2D eigenvalue weighted by molar-refractivity contribution is 5.97. The van der Waals surface area contributed by atoms with E-state index in [9.17, 15) is 9.18 Å². The van der Waals surface area contributed by atoms with Crippen molar-refractivity contribution >= 4 is 11.6 Å². The van der Waals surface area contributed by atoms with Gasteiger partial charge in [0.05, 0.1) is 6.04 Å². The van der Waals surface area contributed by atoms with Crippen LogP contribution >= 0.6 is 0 Å². The minimum Gasteiger partial charge on any atom is -0.310 e. The van der Waals surface area contributed by atoms with Crippen LogP contribution in [0.1, 0.15) is 37.8 Å². The molecule has 1 saturated heterocycles. The fourth-order valence-electron chi connectivity index (χ4n) is 3.27. The normalized spacial score (nSPS) is 18.8. The Bertz CT molecular complexity index is 742. The number of hydrogen-bond acceptors (Lipinski definition) is 2. The second-order valence-corrected chi connectivity index (χ2v) is 6.97. The third kappa shape index (κ3) is 3.74. The van der Waals surface area contributed by atoms with Gasteiger partial charge in [-0.2, -0.15) is 0 Å². The third-order valence-electron chi connectivity index (χ3n) is 4.98. The topological polar surface area (TPSA) is 23.6 Å². The third-order valence-corrected chi connectivity index (χ3v) is 4.98. The fourth-order valence-corrected chi connectivity index (χ4v) is 3.27. The molecule has 25 heavy (non-hydrogen) atoms. The van der Waals surface area contributed by atoms with E-state index in [4.69, 9.17) is 0 Å². The molecule has 1 atom stereocenters. The van der Waals surface area contributed by atoms with Crippen LogP contribution < -0.4 is 4.90 Å². The van der Waals surface area contributed by atoms with Gasteiger partial charge in [0.15, 0.2) is 0 Å². The Hall–Kier alpha value is -2.20. The van der Waals surface area contributed by atoms with E-state index in [1.165, 1.54) is 11.6 Å². The number of rotatable bonds is 4. The van der Waals surface area contributed by atoms with Crippen LogP contribution in [0.2, 0.25) is 0 Å². The predicted octanol–water partition coefficient (Wildman–Crippen LogP) is 4.19. The summed E-state index contributed by atoms with van der Waals surface area (Å²) in [6.07, 6.45) is 0. The highest BCUT2D eigenvalue weighted by Gasteiger charge is 2.32. The van der Waals surface area contributed by atoms with Gasteiger partial charge < -0.3 is 4.90 Å². The summed E-state index contributed by atoms with van der Waals surface area (Å²) < 4.78 is 13.9. The molecule has 1 heterocycles. The Kier molecular flexibility index (Phi) is 5.19. The van der Waals surface area contributed by atoms with E-state index in [1.807, 2.05) is 34.9 Å². The maximum absolute atomic E-state index is 13.9. The van der Waals surface area contributed by atoms with E-state index in [-0.39, 0.29) is 17.8 Å². The number of carbonyl (C=O) groups is 1. The Morgan fingerprint density at radius 3 is 2.40 bits per heavy atom. The molecule has 3 rings (SSSR count). The number of carbonyl (C=O) groups excluding carboxylic acids is 1. The molecule has 0 aliphatic carbocycles. The van der Waals surface area contributed by atoms with Crippen LogP contribution in [0.4, 0.5) is 10.1 Å².